The summed E-state index contributed by atoms with van der Waals surface area (Å²) in [4.78, 5) is 4.18. The van der Waals surface area contributed by atoms with E-state index in [1.54, 1.807) is 7.05 Å². The maximum Gasteiger partial charge on any atom is 0.191 e. The Balaban J connectivity index is 0.00000729. The van der Waals surface area contributed by atoms with Crippen molar-refractivity contribution in [1.29, 1.82) is 0 Å². The van der Waals surface area contributed by atoms with E-state index < -0.39 is 9.84 Å². The van der Waals surface area contributed by atoms with Crippen LogP contribution >= 0.6 is 24.0 Å². The Bertz CT molecular complexity index is 731. The number of hydrogen-bond acceptors (Lipinski definition) is 5. The van der Waals surface area contributed by atoms with Gasteiger partial charge in [-0.2, -0.15) is 0 Å². The molecule has 9 heteroatoms. The normalized spacial score (nSPS) is 12.3. The van der Waals surface area contributed by atoms with E-state index in [9.17, 15) is 8.42 Å². The van der Waals surface area contributed by atoms with Crippen molar-refractivity contribution >= 4 is 39.8 Å². The molecular formula is C19H34IN3O4S. The van der Waals surface area contributed by atoms with Crippen LogP contribution in [-0.2, 0) is 21.1 Å². The van der Waals surface area contributed by atoms with E-state index >= 15 is 0 Å². The lowest BCUT2D eigenvalue weighted by Crippen LogP contribution is -2.38. The van der Waals surface area contributed by atoms with Crippen molar-refractivity contribution in [3.63, 3.8) is 0 Å². The fourth-order valence-electron chi connectivity index (χ4n) is 2.19. The van der Waals surface area contributed by atoms with Crippen LogP contribution < -0.4 is 15.4 Å². The van der Waals surface area contributed by atoms with Gasteiger partial charge in [0.25, 0.3) is 0 Å². The number of rotatable bonds is 9. The molecule has 0 saturated heterocycles. The van der Waals surface area contributed by atoms with Crippen LogP contribution in [-0.4, -0.2) is 58.8 Å². The molecule has 0 radical (unpaired) electrons. The maximum absolute atomic E-state index is 11.0. The van der Waals surface area contributed by atoms with E-state index in [-0.39, 0.29) is 41.9 Å². The Kier molecular flexibility index (Phi) is 12.0. The third-order valence-electron chi connectivity index (χ3n) is 3.45. The van der Waals surface area contributed by atoms with Gasteiger partial charge in [0, 0.05) is 32.0 Å². The highest BCUT2D eigenvalue weighted by molar-refractivity contribution is 14.0. The first-order valence-electron chi connectivity index (χ1n) is 8.99. The molecule has 0 atom stereocenters. The standard InChI is InChI=1S/C19H33N3O4S.HI/c1-15-7-8-16(17(13-15)26-19(2,3)4)14-22-18(20-5)21-9-10-25-11-12-27(6,23)24;/h7-8,13H,9-12,14H2,1-6H3,(H2,20,21,22);1H. The Labute approximate surface area is 186 Å². The molecule has 0 bridgehead atoms. The monoisotopic (exact) mass is 527 g/mol. The Morgan fingerprint density at radius 2 is 1.86 bits per heavy atom. The molecule has 1 rings (SSSR count). The highest BCUT2D eigenvalue weighted by atomic mass is 127. The molecule has 28 heavy (non-hydrogen) atoms. The Hall–Kier alpha value is -1.07. The number of sulfone groups is 1. The lowest BCUT2D eigenvalue weighted by molar-refractivity contribution is 0.129. The highest BCUT2D eigenvalue weighted by Crippen LogP contribution is 2.24. The summed E-state index contributed by atoms with van der Waals surface area (Å²) in [5, 5.41) is 6.39. The summed E-state index contributed by atoms with van der Waals surface area (Å²) in [6, 6.07) is 6.14. The molecule has 0 saturated carbocycles. The van der Waals surface area contributed by atoms with E-state index in [0.29, 0.717) is 25.7 Å². The number of aryl methyl sites for hydroxylation is 1. The summed E-state index contributed by atoms with van der Waals surface area (Å²) in [5.41, 5.74) is 1.92. The minimum atomic E-state index is -2.99. The van der Waals surface area contributed by atoms with Crippen LogP contribution in [0.25, 0.3) is 0 Å². The zero-order valence-corrected chi connectivity index (χ0v) is 20.8. The van der Waals surface area contributed by atoms with Crippen molar-refractivity contribution in [2.75, 3.05) is 38.8 Å². The molecule has 1 aromatic rings. The number of halogens is 1. The molecule has 162 valence electrons. The van der Waals surface area contributed by atoms with Crippen LogP contribution in [0.2, 0.25) is 0 Å². The van der Waals surface area contributed by atoms with Gasteiger partial charge in [0.15, 0.2) is 5.96 Å². The molecule has 2 N–H and O–H groups in total. The van der Waals surface area contributed by atoms with Crippen molar-refractivity contribution in [2.24, 2.45) is 4.99 Å². The molecule has 0 aliphatic heterocycles. The number of guanidine groups is 1. The summed E-state index contributed by atoms with van der Waals surface area (Å²) < 4.78 is 33.5. The molecule has 0 amide bonds. The van der Waals surface area contributed by atoms with Crippen molar-refractivity contribution in [1.82, 2.24) is 10.6 Å². The number of nitrogens with zero attached hydrogens (tertiary/aromatic N) is 1. The summed E-state index contributed by atoms with van der Waals surface area (Å²) >= 11 is 0. The smallest absolute Gasteiger partial charge is 0.191 e. The fourth-order valence-corrected chi connectivity index (χ4v) is 2.61. The van der Waals surface area contributed by atoms with Crippen molar-refractivity contribution in [2.45, 2.75) is 39.8 Å². The molecule has 1 aromatic carbocycles. The zero-order chi connectivity index (χ0) is 20.5. The quantitative estimate of drug-likeness (QED) is 0.222. The van der Waals surface area contributed by atoms with E-state index in [0.717, 1.165) is 16.9 Å². The first-order valence-corrected chi connectivity index (χ1v) is 11.0. The largest absolute Gasteiger partial charge is 0.488 e. The molecule has 7 nitrogen and oxygen atoms in total. The predicted octanol–water partition coefficient (Wildman–Crippen LogP) is 2.52. The molecule has 0 aliphatic carbocycles. The second-order valence-corrected chi connectivity index (χ2v) is 9.68. The van der Waals surface area contributed by atoms with Gasteiger partial charge < -0.3 is 20.1 Å². The van der Waals surface area contributed by atoms with Gasteiger partial charge in [0.2, 0.25) is 0 Å². The summed E-state index contributed by atoms with van der Waals surface area (Å²) in [6.45, 7) is 9.81. The lowest BCUT2D eigenvalue weighted by Gasteiger charge is -2.24. The SMILES string of the molecule is CN=C(NCCOCCS(C)(=O)=O)NCc1ccc(C)cc1OC(C)(C)C.I. The van der Waals surface area contributed by atoms with Crippen molar-refractivity contribution < 1.29 is 17.9 Å². The first-order chi connectivity index (χ1) is 12.5. The average molecular weight is 527 g/mol. The zero-order valence-electron chi connectivity index (χ0n) is 17.7. The van der Waals surface area contributed by atoms with Crippen molar-refractivity contribution in [3.8, 4) is 5.75 Å². The lowest BCUT2D eigenvalue weighted by atomic mass is 10.1. The minimum absolute atomic E-state index is 0. The van der Waals surface area contributed by atoms with Crippen LogP contribution in [0.15, 0.2) is 23.2 Å². The molecule has 0 aliphatic rings. The van der Waals surface area contributed by atoms with Crippen molar-refractivity contribution in [3.05, 3.63) is 29.3 Å². The van der Waals surface area contributed by atoms with Gasteiger partial charge in [-0.3, -0.25) is 4.99 Å². The molecule has 0 fully saturated rings. The second kappa shape index (κ2) is 12.5. The third-order valence-corrected chi connectivity index (χ3v) is 4.35. The van der Waals surface area contributed by atoms with Gasteiger partial charge in [-0.1, -0.05) is 12.1 Å². The van der Waals surface area contributed by atoms with E-state index in [4.69, 9.17) is 9.47 Å². The van der Waals surface area contributed by atoms with E-state index in [2.05, 4.69) is 21.7 Å². The van der Waals surface area contributed by atoms with Crippen LogP contribution in [0, 0.1) is 6.92 Å². The van der Waals surface area contributed by atoms with E-state index in [1.807, 2.05) is 39.8 Å². The highest BCUT2D eigenvalue weighted by Gasteiger charge is 2.15. The number of aliphatic imine (C=N–C) groups is 1. The minimum Gasteiger partial charge on any atom is -0.488 e. The number of ether oxygens (including phenoxy) is 2. The second-order valence-electron chi connectivity index (χ2n) is 7.42. The third kappa shape index (κ3) is 12.4. The van der Waals surface area contributed by atoms with E-state index in [1.165, 1.54) is 6.26 Å². The summed E-state index contributed by atoms with van der Waals surface area (Å²) in [7, 11) is -1.29. The topological polar surface area (TPSA) is 89.0 Å². The van der Waals surface area contributed by atoms with Gasteiger partial charge >= 0.3 is 0 Å². The molecule has 0 unspecified atom stereocenters. The van der Waals surface area contributed by atoms with Crippen LogP contribution in [0.3, 0.4) is 0 Å². The molecular weight excluding hydrogens is 493 g/mol. The predicted molar refractivity (Wildman–Crippen MR) is 126 cm³/mol. The number of nitrogens with one attached hydrogen (secondary N) is 2. The molecule has 0 spiro atoms. The fraction of sp³-hybridized carbons (Fsp3) is 0.632. The molecule has 0 heterocycles. The number of hydrogen-bond donors (Lipinski definition) is 2. The van der Waals surface area contributed by atoms with Gasteiger partial charge in [-0.05, 0) is 39.3 Å². The van der Waals surface area contributed by atoms with Gasteiger partial charge in [0.05, 0.1) is 19.0 Å². The average Bonchev–Trinajstić information content (AvgIpc) is 2.52. The van der Waals surface area contributed by atoms with Crippen LogP contribution in [0.5, 0.6) is 5.75 Å². The van der Waals surface area contributed by atoms with Gasteiger partial charge in [-0.15, -0.1) is 24.0 Å². The van der Waals surface area contributed by atoms with Gasteiger partial charge in [0.1, 0.15) is 21.2 Å². The maximum atomic E-state index is 11.0. The van der Waals surface area contributed by atoms with Gasteiger partial charge in [-0.25, -0.2) is 8.42 Å². The number of benzene rings is 1. The summed E-state index contributed by atoms with van der Waals surface area (Å²) in [5.74, 6) is 1.53. The summed E-state index contributed by atoms with van der Waals surface area (Å²) in [6.07, 6.45) is 1.20. The first kappa shape index (κ1) is 26.9. The van der Waals surface area contributed by atoms with Crippen LogP contribution in [0.4, 0.5) is 0 Å². The Morgan fingerprint density at radius 3 is 2.43 bits per heavy atom. The van der Waals surface area contributed by atoms with Crippen LogP contribution in [0.1, 0.15) is 31.9 Å². The Morgan fingerprint density at radius 1 is 1.18 bits per heavy atom. The molecule has 0 aromatic heterocycles.